The molecule has 6 heteroatoms. The van der Waals surface area contributed by atoms with Gasteiger partial charge < -0.3 is 15.7 Å². The van der Waals surface area contributed by atoms with Crippen LogP contribution in [0.15, 0.2) is 18.3 Å². The second-order valence-electron chi connectivity index (χ2n) is 4.12. The van der Waals surface area contributed by atoms with E-state index in [-0.39, 0.29) is 18.5 Å². The molecule has 0 aliphatic carbocycles. The number of hydrogen-bond donors (Lipinski definition) is 3. The fraction of sp³-hybridized carbons (Fsp3) is 0.417. The molecular weight excluding hydrogens is 234 g/mol. The van der Waals surface area contributed by atoms with E-state index in [1.807, 2.05) is 6.92 Å². The van der Waals surface area contributed by atoms with Crippen LogP contribution in [-0.4, -0.2) is 28.1 Å². The molecule has 0 aromatic carbocycles. The molecule has 0 saturated heterocycles. The van der Waals surface area contributed by atoms with Gasteiger partial charge in [-0.2, -0.15) is 0 Å². The maximum Gasteiger partial charge on any atom is 0.319 e. The Morgan fingerprint density at radius 1 is 1.44 bits per heavy atom. The van der Waals surface area contributed by atoms with Gasteiger partial charge in [0.25, 0.3) is 0 Å². The van der Waals surface area contributed by atoms with Gasteiger partial charge in [0.05, 0.1) is 11.9 Å². The highest BCUT2D eigenvalue weighted by Crippen LogP contribution is 2.05. The van der Waals surface area contributed by atoms with E-state index in [2.05, 4.69) is 15.6 Å². The summed E-state index contributed by atoms with van der Waals surface area (Å²) in [5, 5.41) is 13.8. The summed E-state index contributed by atoms with van der Waals surface area (Å²) in [6.45, 7) is 3.62. The Bertz CT molecular complexity index is 417. The number of carbonyl (C=O) groups excluding carboxylic acids is 1. The topological polar surface area (TPSA) is 91.3 Å². The van der Waals surface area contributed by atoms with Crippen molar-refractivity contribution >= 4 is 17.7 Å². The van der Waals surface area contributed by atoms with Gasteiger partial charge in [0.2, 0.25) is 0 Å². The predicted octanol–water partition coefficient (Wildman–Crippen LogP) is 1.76. The van der Waals surface area contributed by atoms with Crippen LogP contribution in [-0.2, 0) is 4.79 Å². The first-order chi connectivity index (χ1) is 8.47. The number of rotatable bonds is 5. The first-order valence-corrected chi connectivity index (χ1v) is 5.69. The van der Waals surface area contributed by atoms with Crippen molar-refractivity contribution in [2.24, 2.45) is 0 Å². The highest BCUT2D eigenvalue weighted by atomic mass is 16.4. The van der Waals surface area contributed by atoms with Crippen LogP contribution in [0, 0.1) is 6.92 Å². The number of carbonyl (C=O) groups is 2. The summed E-state index contributed by atoms with van der Waals surface area (Å²) < 4.78 is 0. The van der Waals surface area contributed by atoms with Gasteiger partial charge in [-0.25, -0.2) is 4.79 Å². The van der Waals surface area contributed by atoms with Gasteiger partial charge in [0, 0.05) is 18.2 Å². The Morgan fingerprint density at radius 3 is 2.72 bits per heavy atom. The van der Waals surface area contributed by atoms with Crippen molar-refractivity contribution in [3.63, 3.8) is 0 Å². The van der Waals surface area contributed by atoms with Gasteiger partial charge in [-0.3, -0.25) is 9.78 Å². The van der Waals surface area contributed by atoms with Gasteiger partial charge in [-0.15, -0.1) is 0 Å². The van der Waals surface area contributed by atoms with E-state index in [0.29, 0.717) is 12.1 Å². The molecule has 1 atom stereocenters. The van der Waals surface area contributed by atoms with Gasteiger partial charge in [-0.05, 0) is 32.4 Å². The molecule has 6 nitrogen and oxygen atoms in total. The van der Waals surface area contributed by atoms with Crippen molar-refractivity contribution in [1.82, 2.24) is 10.3 Å². The molecule has 3 N–H and O–H groups in total. The molecule has 98 valence electrons. The van der Waals surface area contributed by atoms with Gasteiger partial charge in [0.15, 0.2) is 0 Å². The largest absolute Gasteiger partial charge is 0.481 e. The van der Waals surface area contributed by atoms with Crippen LogP contribution in [0.25, 0.3) is 0 Å². The number of pyridine rings is 1. The molecule has 0 aliphatic rings. The minimum atomic E-state index is -0.869. The quantitative estimate of drug-likeness (QED) is 0.743. The standard InChI is InChI=1S/C12H17N3O3/c1-8-3-5-10(7-13-8)15-12(18)14-9(2)4-6-11(16)17/h3,5,7,9H,4,6H2,1-2H3,(H,16,17)(H2,14,15,18). The Kier molecular flexibility index (Phi) is 5.10. The van der Waals surface area contributed by atoms with Crippen LogP contribution in [0.2, 0.25) is 0 Å². The lowest BCUT2D eigenvalue weighted by molar-refractivity contribution is -0.137. The normalized spacial score (nSPS) is 11.7. The van der Waals surface area contributed by atoms with Crippen LogP contribution in [0.3, 0.4) is 0 Å². The van der Waals surface area contributed by atoms with E-state index in [0.717, 1.165) is 5.69 Å². The predicted molar refractivity (Wildman–Crippen MR) is 67.5 cm³/mol. The maximum absolute atomic E-state index is 11.6. The maximum atomic E-state index is 11.6. The van der Waals surface area contributed by atoms with Crippen molar-refractivity contribution in [2.75, 3.05) is 5.32 Å². The highest BCUT2D eigenvalue weighted by molar-refractivity contribution is 5.89. The molecule has 0 radical (unpaired) electrons. The third-order valence-electron chi connectivity index (χ3n) is 2.34. The van der Waals surface area contributed by atoms with Crippen LogP contribution < -0.4 is 10.6 Å². The molecule has 1 heterocycles. The molecule has 0 spiro atoms. The smallest absolute Gasteiger partial charge is 0.319 e. The molecule has 1 aromatic rings. The fourth-order valence-electron chi connectivity index (χ4n) is 1.34. The first-order valence-electron chi connectivity index (χ1n) is 5.69. The Hall–Kier alpha value is -2.11. The third-order valence-corrected chi connectivity index (χ3v) is 2.34. The number of nitrogens with zero attached hydrogens (tertiary/aromatic N) is 1. The summed E-state index contributed by atoms with van der Waals surface area (Å²) in [5.74, 6) is -0.869. The third kappa shape index (κ3) is 5.29. The Morgan fingerprint density at radius 2 is 2.17 bits per heavy atom. The molecule has 18 heavy (non-hydrogen) atoms. The lowest BCUT2D eigenvalue weighted by atomic mass is 10.2. The van der Waals surface area contributed by atoms with Crippen LogP contribution in [0.4, 0.5) is 10.5 Å². The molecular formula is C12H17N3O3. The zero-order chi connectivity index (χ0) is 13.5. The number of carboxylic acids is 1. The highest BCUT2D eigenvalue weighted by Gasteiger charge is 2.09. The van der Waals surface area contributed by atoms with E-state index < -0.39 is 5.97 Å². The molecule has 0 fully saturated rings. The lowest BCUT2D eigenvalue weighted by Gasteiger charge is -2.13. The Labute approximate surface area is 105 Å². The van der Waals surface area contributed by atoms with E-state index >= 15 is 0 Å². The molecule has 0 saturated carbocycles. The first kappa shape index (κ1) is 14.0. The van der Waals surface area contributed by atoms with Gasteiger partial charge >= 0.3 is 12.0 Å². The summed E-state index contributed by atoms with van der Waals surface area (Å²) in [6.07, 6.45) is 2.00. The number of aryl methyl sites for hydroxylation is 1. The van der Waals surface area contributed by atoms with Gasteiger partial charge in [0.1, 0.15) is 0 Å². The van der Waals surface area contributed by atoms with Gasteiger partial charge in [-0.1, -0.05) is 0 Å². The number of carboxylic acid groups (broad SMARTS) is 1. The summed E-state index contributed by atoms with van der Waals surface area (Å²) in [6, 6.07) is 2.99. The summed E-state index contributed by atoms with van der Waals surface area (Å²) >= 11 is 0. The second-order valence-corrected chi connectivity index (χ2v) is 4.12. The summed E-state index contributed by atoms with van der Waals surface area (Å²) in [4.78, 5) is 26.0. The monoisotopic (exact) mass is 251 g/mol. The molecule has 2 amide bonds. The number of hydrogen-bond acceptors (Lipinski definition) is 3. The van der Waals surface area contributed by atoms with Crippen LogP contribution >= 0.6 is 0 Å². The fourth-order valence-corrected chi connectivity index (χ4v) is 1.34. The van der Waals surface area contributed by atoms with Crippen molar-refractivity contribution in [1.29, 1.82) is 0 Å². The minimum absolute atomic E-state index is 0.0353. The van der Waals surface area contributed by atoms with Crippen molar-refractivity contribution < 1.29 is 14.7 Å². The van der Waals surface area contributed by atoms with Crippen LogP contribution in [0.5, 0.6) is 0 Å². The minimum Gasteiger partial charge on any atom is -0.481 e. The van der Waals surface area contributed by atoms with E-state index in [1.54, 1.807) is 25.3 Å². The number of aromatic nitrogens is 1. The molecule has 0 bridgehead atoms. The summed E-state index contributed by atoms with van der Waals surface area (Å²) in [5.41, 5.74) is 1.47. The van der Waals surface area contributed by atoms with Crippen molar-refractivity contribution in [3.05, 3.63) is 24.0 Å². The lowest BCUT2D eigenvalue weighted by Crippen LogP contribution is -2.36. The van der Waals surface area contributed by atoms with Crippen molar-refractivity contribution in [2.45, 2.75) is 32.7 Å². The average molecular weight is 251 g/mol. The number of aliphatic carboxylic acids is 1. The summed E-state index contributed by atoms with van der Waals surface area (Å²) in [7, 11) is 0. The molecule has 1 aromatic heterocycles. The number of urea groups is 1. The number of anilines is 1. The molecule has 0 aliphatic heterocycles. The van der Waals surface area contributed by atoms with Crippen molar-refractivity contribution in [3.8, 4) is 0 Å². The Balaban J connectivity index is 2.37. The van der Waals surface area contributed by atoms with E-state index in [4.69, 9.17) is 5.11 Å². The molecule has 1 unspecified atom stereocenters. The van der Waals surface area contributed by atoms with E-state index in [1.165, 1.54) is 0 Å². The zero-order valence-electron chi connectivity index (χ0n) is 10.4. The molecule has 1 rings (SSSR count). The second kappa shape index (κ2) is 6.58. The number of nitrogens with one attached hydrogen (secondary N) is 2. The van der Waals surface area contributed by atoms with E-state index in [9.17, 15) is 9.59 Å². The van der Waals surface area contributed by atoms with Crippen LogP contribution in [0.1, 0.15) is 25.5 Å². The number of amides is 2. The average Bonchev–Trinajstić information content (AvgIpc) is 2.29. The SMILES string of the molecule is Cc1ccc(NC(=O)NC(C)CCC(=O)O)cn1. The zero-order valence-corrected chi connectivity index (χ0v) is 10.4.